The SMILES string of the molecule is Fc1cc2c(c(CN3CCC[C@@H](C(F)(F)F)C3)c1)O[C@@H](c1ccsc1)OC2. The van der Waals surface area contributed by atoms with Crippen molar-refractivity contribution in [3.05, 3.63) is 51.5 Å². The van der Waals surface area contributed by atoms with E-state index < -0.39 is 24.2 Å². The molecule has 1 aromatic heterocycles. The highest BCUT2D eigenvalue weighted by Crippen LogP contribution is 2.39. The van der Waals surface area contributed by atoms with Gasteiger partial charge in [0.05, 0.1) is 12.5 Å². The molecule has 1 fully saturated rings. The minimum absolute atomic E-state index is 0.0702. The molecule has 2 aliphatic rings. The highest BCUT2D eigenvalue weighted by Gasteiger charge is 2.41. The zero-order chi connectivity index (χ0) is 19.0. The van der Waals surface area contributed by atoms with E-state index in [4.69, 9.17) is 9.47 Å². The van der Waals surface area contributed by atoms with Gasteiger partial charge in [0.2, 0.25) is 6.29 Å². The Bertz CT molecular complexity index is 794. The number of fused-ring (bicyclic) bond motifs is 1. The maximum atomic E-state index is 14.0. The number of ether oxygens (including phenoxy) is 2. The Labute approximate surface area is 158 Å². The summed E-state index contributed by atoms with van der Waals surface area (Å²) in [5, 5.41) is 3.82. The van der Waals surface area contributed by atoms with E-state index in [0.717, 1.165) is 5.56 Å². The molecule has 0 radical (unpaired) electrons. The number of alkyl halides is 3. The van der Waals surface area contributed by atoms with Crippen molar-refractivity contribution in [3.63, 3.8) is 0 Å². The first-order valence-corrected chi connectivity index (χ1v) is 9.75. The van der Waals surface area contributed by atoms with Gasteiger partial charge in [-0.2, -0.15) is 24.5 Å². The predicted molar refractivity (Wildman–Crippen MR) is 92.9 cm³/mol. The number of halogens is 4. The first-order valence-electron chi connectivity index (χ1n) is 8.81. The van der Waals surface area contributed by atoms with Crippen molar-refractivity contribution in [2.45, 2.75) is 38.5 Å². The molecule has 1 aromatic carbocycles. The molecule has 2 atom stereocenters. The summed E-state index contributed by atoms with van der Waals surface area (Å²) in [5.74, 6) is -1.25. The molecule has 0 amide bonds. The summed E-state index contributed by atoms with van der Waals surface area (Å²) in [5.41, 5.74) is 2.02. The van der Waals surface area contributed by atoms with Gasteiger partial charge in [-0.3, -0.25) is 4.90 Å². The Morgan fingerprint density at radius 1 is 1.26 bits per heavy atom. The van der Waals surface area contributed by atoms with Gasteiger partial charge in [-0.15, -0.1) is 0 Å². The molecule has 8 heteroatoms. The van der Waals surface area contributed by atoms with E-state index in [0.29, 0.717) is 29.8 Å². The van der Waals surface area contributed by atoms with Gasteiger partial charge >= 0.3 is 6.18 Å². The van der Waals surface area contributed by atoms with Crippen LogP contribution < -0.4 is 4.74 Å². The van der Waals surface area contributed by atoms with Crippen molar-refractivity contribution >= 4 is 11.3 Å². The van der Waals surface area contributed by atoms with Gasteiger partial charge in [-0.05, 0) is 43.0 Å². The second-order valence-electron chi connectivity index (χ2n) is 6.99. The van der Waals surface area contributed by atoms with Crippen molar-refractivity contribution in [3.8, 4) is 5.75 Å². The van der Waals surface area contributed by atoms with E-state index in [2.05, 4.69) is 0 Å². The van der Waals surface area contributed by atoms with E-state index in [1.54, 1.807) is 4.90 Å². The van der Waals surface area contributed by atoms with Crippen LogP contribution in [0.15, 0.2) is 29.0 Å². The molecule has 3 heterocycles. The van der Waals surface area contributed by atoms with Crippen molar-refractivity contribution in [2.24, 2.45) is 5.92 Å². The first-order chi connectivity index (χ1) is 12.9. The van der Waals surface area contributed by atoms with Crippen molar-refractivity contribution < 1.29 is 27.0 Å². The van der Waals surface area contributed by atoms with E-state index in [1.807, 2.05) is 16.8 Å². The van der Waals surface area contributed by atoms with E-state index >= 15 is 0 Å². The normalized spacial score (nSPS) is 23.7. The van der Waals surface area contributed by atoms with Crippen molar-refractivity contribution in [1.29, 1.82) is 0 Å². The number of benzene rings is 1. The fraction of sp³-hybridized carbons (Fsp3) is 0.474. The Kier molecular flexibility index (Phi) is 5.13. The molecule has 0 bridgehead atoms. The molecule has 2 aliphatic heterocycles. The average molecular weight is 401 g/mol. The monoisotopic (exact) mass is 401 g/mol. The fourth-order valence-corrected chi connectivity index (χ4v) is 4.34. The summed E-state index contributed by atoms with van der Waals surface area (Å²) in [6, 6.07) is 4.60. The molecule has 3 nitrogen and oxygen atoms in total. The Hall–Kier alpha value is -1.64. The summed E-state index contributed by atoms with van der Waals surface area (Å²) < 4.78 is 64.9. The summed E-state index contributed by atoms with van der Waals surface area (Å²) >= 11 is 1.52. The third-order valence-electron chi connectivity index (χ3n) is 5.00. The molecule has 1 saturated heterocycles. The number of rotatable bonds is 3. The maximum absolute atomic E-state index is 14.0. The summed E-state index contributed by atoms with van der Waals surface area (Å²) in [6.07, 6.45) is -4.17. The number of likely N-dealkylation sites (tertiary alicyclic amines) is 1. The summed E-state index contributed by atoms with van der Waals surface area (Å²) in [6.45, 7) is 0.913. The van der Waals surface area contributed by atoms with E-state index in [1.165, 1.54) is 23.5 Å². The Morgan fingerprint density at radius 3 is 2.85 bits per heavy atom. The lowest BCUT2D eigenvalue weighted by Crippen LogP contribution is -2.41. The minimum atomic E-state index is -4.20. The quantitative estimate of drug-likeness (QED) is 0.654. The highest BCUT2D eigenvalue weighted by atomic mass is 32.1. The molecule has 27 heavy (non-hydrogen) atoms. The topological polar surface area (TPSA) is 21.7 Å². The number of thiophene rings is 1. The van der Waals surface area contributed by atoms with Crippen LogP contribution in [0.5, 0.6) is 5.75 Å². The molecule has 0 saturated carbocycles. The van der Waals surface area contributed by atoms with Crippen LogP contribution in [-0.2, 0) is 17.9 Å². The van der Waals surface area contributed by atoms with Gasteiger partial charge in [0.15, 0.2) is 0 Å². The first kappa shape index (κ1) is 18.7. The lowest BCUT2D eigenvalue weighted by atomic mass is 9.96. The van der Waals surface area contributed by atoms with Gasteiger partial charge < -0.3 is 9.47 Å². The molecule has 146 valence electrons. The number of hydrogen-bond donors (Lipinski definition) is 0. The largest absolute Gasteiger partial charge is 0.460 e. The second-order valence-corrected chi connectivity index (χ2v) is 7.77. The third-order valence-corrected chi connectivity index (χ3v) is 5.70. The third kappa shape index (κ3) is 4.12. The smallest absolute Gasteiger partial charge is 0.393 e. The molecule has 0 aliphatic carbocycles. The standard InChI is InChI=1S/C19H19F4NO2S/c20-16-6-13(8-24-4-1-2-15(9-24)19(21,22)23)17-14(7-16)10-25-18(26-17)12-3-5-27-11-12/h3,5-7,11,15,18H,1-2,4,8-10H2/t15-,18+/m1/s1. The van der Waals surface area contributed by atoms with Crippen LogP contribution in [0, 0.1) is 11.7 Å². The Morgan fingerprint density at radius 2 is 2.11 bits per heavy atom. The zero-order valence-electron chi connectivity index (χ0n) is 14.5. The van der Waals surface area contributed by atoms with Crippen LogP contribution >= 0.6 is 11.3 Å². The van der Waals surface area contributed by atoms with Crippen LogP contribution in [0.3, 0.4) is 0 Å². The number of nitrogens with zero attached hydrogens (tertiary/aromatic N) is 1. The van der Waals surface area contributed by atoms with E-state index in [9.17, 15) is 17.6 Å². The van der Waals surface area contributed by atoms with Crippen LogP contribution in [0.2, 0.25) is 0 Å². The molecule has 2 aromatic rings. The highest BCUT2D eigenvalue weighted by molar-refractivity contribution is 7.07. The fourth-order valence-electron chi connectivity index (χ4n) is 3.68. The molecule has 4 rings (SSSR count). The lowest BCUT2D eigenvalue weighted by molar-refractivity contribution is -0.187. The van der Waals surface area contributed by atoms with E-state index in [-0.39, 0.29) is 26.1 Å². The molecule has 0 unspecified atom stereocenters. The van der Waals surface area contributed by atoms with Gasteiger partial charge in [-0.1, -0.05) is 0 Å². The molecule has 0 N–H and O–H groups in total. The average Bonchev–Trinajstić information content (AvgIpc) is 3.15. The van der Waals surface area contributed by atoms with Crippen LogP contribution in [-0.4, -0.2) is 24.2 Å². The minimum Gasteiger partial charge on any atom is -0.460 e. The second kappa shape index (κ2) is 7.41. The summed E-state index contributed by atoms with van der Waals surface area (Å²) in [7, 11) is 0. The molecular weight excluding hydrogens is 382 g/mol. The molecular formula is C19H19F4NO2S. The van der Waals surface area contributed by atoms with Crippen LogP contribution in [0.1, 0.15) is 35.8 Å². The van der Waals surface area contributed by atoms with Crippen molar-refractivity contribution in [1.82, 2.24) is 4.90 Å². The summed E-state index contributed by atoms with van der Waals surface area (Å²) in [4.78, 5) is 1.73. The van der Waals surface area contributed by atoms with Gasteiger partial charge in [0.1, 0.15) is 11.6 Å². The zero-order valence-corrected chi connectivity index (χ0v) is 15.3. The number of hydrogen-bond acceptors (Lipinski definition) is 4. The van der Waals surface area contributed by atoms with Gasteiger partial charge in [0, 0.05) is 35.2 Å². The van der Waals surface area contributed by atoms with Crippen LogP contribution in [0.4, 0.5) is 17.6 Å². The molecule has 0 spiro atoms. The van der Waals surface area contributed by atoms with Crippen molar-refractivity contribution in [2.75, 3.05) is 13.1 Å². The lowest BCUT2D eigenvalue weighted by Gasteiger charge is -2.35. The maximum Gasteiger partial charge on any atom is 0.393 e. The van der Waals surface area contributed by atoms with Gasteiger partial charge in [0.25, 0.3) is 0 Å². The van der Waals surface area contributed by atoms with Gasteiger partial charge in [-0.25, -0.2) is 4.39 Å². The van der Waals surface area contributed by atoms with Crippen LogP contribution in [0.25, 0.3) is 0 Å². The Balaban J connectivity index is 1.56. The number of piperidine rings is 1. The predicted octanol–water partition coefficient (Wildman–Crippen LogP) is 5.27.